The molecule has 5 heteroatoms. The predicted octanol–water partition coefficient (Wildman–Crippen LogP) is 3.87. The van der Waals surface area contributed by atoms with Crippen LogP contribution in [0.25, 0.3) is 0 Å². The normalized spacial score (nSPS) is 10.0. The molecule has 2 aromatic carbocycles. The quantitative estimate of drug-likeness (QED) is 0.728. The molecular formula is C14H14ClN3O. The minimum Gasteiger partial charge on any atom is -0.397 e. The van der Waals surface area contributed by atoms with E-state index in [0.717, 1.165) is 5.56 Å². The van der Waals surface area contributed by atoms with Crippen molar-refractivity contribution in [3.8, 4) is 0 Å². The smallest absolute Gasteiger partial charge is 0.323 e. The first kappa shape index (κ1) is 13.2. The van der Waals surface area contributed by atoms with Gasteiger partial charge in [-0.15, -0.1) is 0 Å². The van der Waals surface area contributed by atoms with E-state index in [1.165, 1.54) is 0 Å². The van der Waals surface area contributed by atoms with Gasteiger partial charge >= 0.3 is 6.03 Å². The molecule has 0 unspecified atom stereocenters. The zero-order valence-electron chi connectivity index (χ0n) is 10.4. The second-order valence-corrected chi connectivity index (χ2v) is 4.61. The molecule has 0 spiro atoms. The van der Waals surface area contributed by atoms with Crippen LogP contribution >= 0.6 is 11.6 Å². The first-order chi connectivity index (χ1) is 9.04. The van der Waals surface area contributed by atoms with Crippen LogP contribution in [-0.4, -0.2) is 6.03 Å². The van der Waals surface area contributed by atoms with E-state index in [2.05, 4.69) is 10.6 Å². The molecule has 0 aromatic heterocycles. The molecule has 0 bridgehead atoms. The summed E-state index contributed by atoms with van der Waals surface area (Å²) in [5, 5.41) is 6.03. The Morgan fingerprint density at radius 3 is 2.47 bits per heavy atom. The fourth-order valence-corrected chi connectivity index (χ4v) is 1.72. The summed E-state index contributed by atoms with van der Waals surface area (Å²) in [7, 11) is 0. The largest absolute Gasteiger partial charge is 0.397 e. The van der Waals surface area contributed by atoms with Gasteiger partial charge in [-0.25, -0.2) is 4.79 Å². The summed E-state index contributed by atoms with van der Waals surface area (Å²) in [4.78, 5) is 11.8. The topological polar surface area (TPSA) is 67.1 Å². The molecule has 4 N–H and O–H groups in total. The summed E-state index contributed by atoms with van der Waals surface area (Å²) in [6.45, 7) is 1.93. The molecule has 98 valence electrons. The Kier molecular flexibility index (Phi) is 3.92. The fraction of sp³-hybridized carbons (Fsp3) is 0.0714. The summed E-state index contributed by atoms with van der Waals surface area (Å²) in [5.41, 5.74) is 8.59. The van der Waals surface area contributed by atoms with Crippen molar-refractivity contribution in [3.05, 3.63) is 53.1 Å². The number of rotatable bonds is 2. The molecule has 19 heavy (non-hydrogen) atoms. The van der Waals surface area contributed by atoms with Crippen LogP contribution in [0.4, 0.5) is 21.9 Å². The summed E-state index contributed by atoms with van der Waals surface area (Å²) >= 11 is 5.77. The van der Waals surface area contributed by atoms with Crippen LogP contribution in [0.3, 0.4) is 0 Å². The van der Waals surface area contributed by atoms with Crippen molar-refractivity contribution in [2.24, 2.45) is 0 Å². The van der Waals surface area contributed by atoms with E-state index < -0.39 is 0 Å². The van der Waals surface area contributed by atoms with E-state index in [-0.39, 0.29) is 6.03 Å². The third-order valence-corrected chi connectivity index (χ3v) is 2.81. The Labute approximate surface area is 116 Å². The summed E-state index contributed by atoms with van der Waals surface area (Å²) in [6, 6.07) is 12.0. The number of nitrogens with one attached hydrogen (secondary N) is 2. The number of urea groups is 1. The monoisotopic (exact) mass is 275 g/mol. The van der Waals surface area contributed by atoms with Crippen molar-refractivity contribution >= 4 is 34.7 Å². The molecular weight excluding hydrogens is 262 g/mol. The SMILES string of the molecule is Cc1ccc(N)c(NC(=O)Nc2ccc(Cl)cc2)c1. The minimum absolute atomic E-state index is 0.348. The number of benzene rings is 2. The molecule has 0 aliphatic heterocycles. The number of halogens is 1. The number of nitrogens with two attached hydrogens (primary N) is 1. The number of anilines is 3. The predicted molar refractivity (Wildman–Crippen MR) is 79.7 cm³/mol. The van der Waals surface area contributed by atoms with E-state index in [0.29, 0.717) is 22.1 Å². The van der Waals surface area contributed by atoms with Crippen LogP contribution in [0.5, 0.6) is 0 Å². The summed E-state index contributed by atoms with van der Waals surface area (Å²) in [5.74, 6) is 0. The number of nitrogen functional groups attached to an aromatic ring is 1. The Morgan fingerprint density at radius 2 is 1.79 bits per heavy atom. The summed E-state index contributed by atoms with van der Waals surface area (Å²) in [6.07, 6.45) is 0. The Balaban J connectivity index is 2.05. The van der Waals surface area contributed by atoms with Gasteiger partial charge in [0, 0.05) is 10.7 Å². The van der Waals surface area contributed by atoms with Crippen LogP contribution in [0.1, 0.15) is 5.56 Å². The van der Waals surface area contributed by atoms with Gasteiger partial charge in [-0.2, -0.15) is 0 Å². The van der Waals surface area contributed by atoms with Crippen LogP contribution < -0.4 is 16.4 Å². The first-order valence-corrected chi connectivity index (χ1v) is 6.12. The molecule has 2 amide bonds. The van der Waals surface area contributed by atoms with Gasteiger partial charge in [0.25, 0.3) is 0 Å². The van der Waals surface area contributed by atoms with Gasteiger partial charge < -0.3 is 16.4 Å². The molecule has 0 atom stereocenters. The Hall–Kier alpha value is -2.20. The second-order valence-electron chi connectivity index (χ2n) is 4.18. The third-order valence-electron chi connectivity index (χ3n) is 2.56. The Bertz CT molecular complexity index is 596. The number of amides is 2. The second kappa shape index (κ2) is 5.63. The highest BCUT2D eigenvalue weighted by Gasteiger charge is 2.05. The van der Waals surface area contributed by atoms with Crippen LogP contribution in [0.2, 0.25) is 5.02 Å². The lowest BCUT2D eigenvalue weighted by Gasteiger charge is -2.10. The van der Waals surface area contributed by atoms with E-state index >= 15 is 0 Å². The molecule has 0 saturated heterocycles. The van der Waals surface area contributed by atoms with Crippen LogP contribution in [-0.2, 0) is 0 Å². The van der Waals surface area contributed by atoms with Gasteiger partial charge in [-0.3, -0.25) is 0 Å². The fourth-order valence-electron chi connectivity index (χ4n) is 1.60. The number of hydrogen-bond acceptors (Lipinski definition) is 2. The third kappa shape index (κ3) is 3.63. The van der Waals surface area contributed by atoms with Crippen molar-refractivity contribution in [2.75, 3.05) is 16.4 Å². The van der Waals surface area contributed by atoms with Gasteiger partial charge in [-0.1, -0.05) is 17.7 Å². The van der Waals surface area contributed by atoms with Crippen molar-refractivity contribution in [1.82, 2.24) is 0 Å². The van der Waals surface area contributed by atoms with E-state index in [1.807, 2.05) is 19.1 Å². The van der Waals surface area contributed by atoms with Gasteiger partial charge in [-0.05, 0) is 48.9 Å². The van der Waals surface area contributed by atoms with Gasteiger partial charge in [0.05, 0.1) is 11.4 Å². The van der Waals surface area contributed by atoms with E-state index in [4.69, 9.17) is 17.3 Å². The zero-order chi connectivity index (χ0) is 13.8. The molecule has 4 nitrogen and oxygen atoms in total. The van der Waals surface area contributed by atoms with Crippen LogP contribution in [0.15, 0.2) is 42.5 Å². The molecule has 0 fully saturated rings. The molecule has 0 saturated carbocycles. The maximum Gasteiger partial charge on any atom is 0.323 e. The Morgan fingerprint density at radius 1 is 1.11 bits per heavy atom. The maximum atomic E-state index is 11.8. The molecule has 0 aliphatic carbocycles. The summed E-state index contributed by atoms with van der Waals surface area (Å²) < 4.78 is 0. The maximum absolute atomic E-state index is 11.8. The lowest BCUT2D eigenvalue weighted by molar-refractivity contribution is 0.262. The number of hydrogen-bond donors (Lipinski definition) is 3. The number of aryl methyl sites for hydroxylation is 1. The lowest BCUT2D eigenvalue weighted by atomic mass is 10.2. The van der Waals surface area contributed by atoms with Crippen molar-refractivity contribution < 1.29 is 4.79 Å². The average Bonchev–Trinajstić information content (AvgIpc) is 2.37. The van der Waals surface area contributed by atoms with E-state index in [1.54, 1.807) is 30.3 Å². The van der Waals surface area contributed by atoms with E-state index in [9.17, 15) is 4.79 Å². The number of carbonyl (C=O) groups is 1. The van der Waals surface area contributed by atoms with Crippen molar-refractivity contribution in [1.29, 1.82) is 0 Å². The molecule has 0 radical (unpaired) electrons. The molecule has 2 aromatic rings. The molecule has 0 aliphatic rings. The lowest BCUT2D eigenvalue weighted by Crippen LogP contribution is -2.20. The highest BCUT2D eigenvalue weighted by molar-refractivity contribution is 6.30. The zero-order valence-corrected chi connectivity index (χ0v) is 11.2. The van der Waals surface area contributed by atoms with Crippen molar-refractivity contribution in [3.63, 3.8) is 0 Å². The van der Waals surface area contributed by atoms with Crippen molar-refractivity contribution in [2.45, 2.75) is 6.92 Å². The highest BCUT2D eigenvalue weighted by atomic mass is 35.5. The van der Waals surface area contributed by atoms with Gasteiger partial charge in [0.1, 0.15) is 0 Å². The average molecular weight is 276 g/mol. The molecule has 0 heterocycles. The minimum atomic E-state index is -0.348. The van der Waals surface area contributed by atoms with Gasteiger partial charge in [0.15, 0.2) is 0 Å². The number of carbonyl (C=O) groups excluding carboxylic acids is 1. The highest BCUT2D eigenvalue weighted by Crippen LogP contribution is 2.20. The van der Waals surface area contributed by atoms with Crippen LogP contribution in [0, 0.1) is 6.92 Å². The standard InChI is InChI=1S/C14H14ClN3O/c1-9-2-7-12(16)13(8-9)18-14(19)17-11-5-3-10(15)4-6-11/h2-8H,16H2,1H3,(H2,17,18,19). The molecule has 2 rings (SSSR count). The van der Waals surface area contributed by atoms with Gasteiger partial charge in [0.2, 0.25) is 0 Å². The first-order valence-electron chi connectivity index (χ1n) is 5.74.